The van der Waals surface area contributed by atoms with Crippen LogP contribution in [0.15, 0.2) is 33.5 Å². The number of allylic oxidation sites excluding steroid dienone is 3. The molecular formula is C39H61BrO6. The van der Waals surface area contributed by atoms with E-state index in [0.29, 0.717) is 48.3 Å². The summed E-state index contributed by atoms with van der Waals surface area (Å²) in [6.07, 6.45) is 6.16. The van der Waals surface area contributed by atoms with Gasteiger partial charge in [0.2, 0.25) is 6.79 Å². The minimum atomic E-state index is -0.705. The van der Waals surface area contributed by atoms with E-state index >= 15 is 0 Å². The monoisotopic (exact) mass is 704 g/mol. The number of fused-ring (bicyclic) bond motifs is 5. The van der Waals surface area contributed by atoms with Crippen LogP contribution in [-0.2, 0) is 23.8 Å². The Morgan fingerprint density at radius 1 is 1.00 bits per heavy atom. The molecule has 0 bridgehead atoms. The molecule has 7 heteroatoms. The number of aliphatic hydroxyl groups excluding tert-OH is 1. The van der Waals surface area contributed by atoms with Crippen LogP contribution < -0.4 is 0 Å². The van der Waals surface area contributed by atoms with E-state index in [0.717, 1.165) is 41.3 Å². The van der Waals surface area contributed by atoms with Gasteiger partial charge in [-0.3, -0.25) is 4.79 Å². The molecule has 1 unspecified atom stereocenters. The summed E-state index contributed by atoms with van der Waals surface area (Å²) in [7, 11) is 0. The summed E-state index contributed by atoms with van der Waals surface area (Å²) in [5.41, 5.74) is 1.66. The molecule has 4 saturated carbocycles. The Labute approximate surface area is 287 Å². The molecule has 10 atom stereocenters. The van der Waals surface area contributed by atoms with E-state index in [9.17, 15) is 14.7 Å². The first kappa shape index (κ1) is 37.2. The lowest BCUT2D eigenvalue weighted by molar-refractivity contribution is -0.229. The van der Waals surface area contributed by atoms with Crippen molar-refractivity contribution in [3.63, 3.8) is 0 Å². The first-order valence-corrected chi connectivity index (χ1v) is 18.4. The summed E-state index contributed by atoms with van der Waals surface area (Å²) in [6.45, 7) is 27.1. The van der Waals surface area contributed by atoms with Crippen LogP contribution in [0.5, 0.6) is 0 Å². The highest BCUT2D eigenvalue weighted by molar-refractivity contribution is 9.11. The van der Waals surface area contributed by atoms with Crippen LogP contribution in [0, 0.1) is 51.2 Å². The maximum Gasteiger partial charge on any atom is 0.336 e. The van der Waals surface area contributed by atoms with Gasteiger partial charge >= 0.3 is 11.9 Å². The van der Waals surface area contributed by atoms with E-state index in [2.05, 4.69) is 57.1 Å². The lowest BCUT2D eigenvalue weighted by atomic mass is 9.36. The highest BCUT2D eigenvalue weighted by Crippen LogP contribution is 2.74. The molecule has 1 N–H and O–H groups in total. The number of rotatable bonds is 8. The SMILES string of the molecule is C=C(C)OC1C[C@@]2(C)[C@@H](C[C@@H](O)[C@H]3[C@@]4(C)CC[C@@H](C)[C@H](C)[C@@H]4CC[C@@]32C)/C1=C(\CCC(Br)=C(C)C)C(=O)OCOC(=O)C(C)(C)C. The molecule has 46 heavy (non-hydrogen) atoms. The summed E-state index contributed by atoms with van der Waals surface area (Å²) in [6, 6.07) is 0. The van der Waals surface area contributed by atoms with Crippen LogP contribution in [0.4, 0.5) is 0 Å². The van der Waals surface area contributed by atoms with E-state index in [1.165, 1.54) is 6.42 Å². The predicted octanol–water partition coefficient (Wildman–Crippen LogP) is 9.66. The first-order valence-electron chi connectivity index (χ1n) is 17.6. The van der Waals surface area contributed by atoms with Crippen molar-refractivity contribution in [1.29, 1.82) is 0 Å². The summed E-state index contributed by atoms with van der Waals surface area (Å²) in [5, 5.41) is 12.3. The molecule has 0 aromatic carbocycles. The Bertz CT molecular complexity index is 1270. The number of ether oxygens (including phenoxy) is 3. The Hall–Kier alpha value is -1.60. The normalized spacial score (nSPS) is 39.7. The zero-order chi connectivity index (χ0) is 34.6. The van der Waals surface area contributed by atoms with Crippen molar-refractivity contribution in [3.05, 3.63) is 33.5 Å². The van der Waals surface area contributed by atoms with Crippen LogP contribution in [-0.4, -0.2) is 36.0 Å². The molecule has 0 spiro atoms. The third kappa shape index (κ3) is 6.54. The minimum Gasteiger partial charge on any atom is -0.491 e. The number of aliphatic hydroxyl groups is 1. The number of hydrogen-bond acceptors (Lipinski definition) is 6. The smallest absolute Gasteiger partial charge is 0.336 e. The Morgan fingerprint density at radius 2 is 1.65 bits per heavy atom. The zero-order valence-corrected chi connectivity index (χ0v) is 32.1. The van der Waals surface area contributed by atoms with Gasteiger partial charge in [-0.1, -0.05) is 62.7 Å². The number of carbonyl (C=O) groups excluding carboxylic acids is 2. The number of esters is 2. The molecular weight excluding hydrogens is 644 g/mol. The quantitative estimate of drug-likeness (QED) is 0.117. The van der Waals surface area contributed by atoms with Gasteiger partial charge in [0.25, 0.3) is 0 Å². The van der Waals surface area contributed by atoms with Crippen LogP contribution >= 0.6 is 15.9 Å². The summed E-state index contributed by atoms with van der Waals surface area (Å²) < 4.78 is 18.6. The van der Waals surface area contributed by atoms with Crippen molar-refractivity contribution in [2.24, 2.45) is 51.2 Å². The predicted molar refractivity (Wildman–Crippen MR) is 187 cm³/mol. The standard InChI is InChI=1S/C39H61BrO6/c1-22(2)29(40)14-13-26(34(42)44-21-45-35(43)36(7,8)9)32-28-19-30(41)33-37(10)17-15-24(5)25(6)27(37)16-18-38(33,11)39(28,12)20-31(32)46-23(3)4/h24-25,27-28,30-31,33,41H,3,13-21H2,1-2,4-12H3/b32-26-/t24-,25+,27+,28+,30-,31?,33+,37+,38+,39+/m1/s1. The second kappa shape index (κ2) is 13.4. The van der Waals surface area contributed by atoms with E-state index in [1.807, 2.05) is 20.8 Å². The average molecular weight is 706 g/mol. The molecule has 4 aliphatic rings. The van der Waals surface area contributed by atoms with Crippen molar-refractivity contribution in [1.82, 2.24) is 0 Å². The highest BCUT2D eigenvalue weighted by atomic mass is 79.9. The molecule has 0 amide bonds. The second-order valence-corrected chi connectivity index (χ2v) is 18.2. The second-order valence-electron chi connectivity index (χ2n) is 17.3. The van der Waals surface area contributed by atoms with Crippen molar-refractivity contribution in [2.45, 2.75) is 140 Å². The summed E-state index contributed by atoms with van der Waals surface area (Å²) in [4.78, 5) is 26.5. The van der Waals surface area contributed by atoms with Crippen LogP contribution in [0.3, 0.4) is 0 Å². The lowest BCUT2D eigenvalue weighted by Gasteiger charge is -2.69. The topological polar surface area (TPSA) is 82.1 Å². The molecule has 260 valence electrons. The molecule has 4 fully saturated rings. The third-order valence-corrected chi connectivity index (χ3v) is 14.4. The maximum absolute atomic E-state index is 14.1. The number of carbonyl (C=O) groups is 2. The fraction of sp³-hybridized carbons (Fsp3) is 0.795. The van der Waals surface area contributed by atoms with Gasteiger partial charge in [-0.15, -0.1) is 0 Å². The van der Waals surface area contributed by atoms with Gasteiger partial charge in [-0.05, 0) is 149 Å². The van der Waals surface area contributed by atoms with Crippen molar-refractivity contribution in [3.8, 4) is 0 Å². The largest absolute Gasteiger partial charge is 0.491 e. The average Bonchev–Trinajstić information content (AvgIpc) is 3.21. The molecule has 0 heterocycles. The lowest BCUT2D eigenvalue weighted by Crippen LogP contribution is -2.65. The van der Waals surface area contributed by atoms with Gasteiger partial charge in [0.15, 0.2) is 0 Å². The minimum absolute atomic E-state index is 0.0571. The van der Waals surface area contributed by atoms with Crippen LogP contribution in [0.25, 0.3) is 0 Å². The van der Waals surface area contributed by atoms with Gasteiger partial charge in [0.1, 0.15) is 6.10 Å². The van der Waals surface area contributed by atoms with Gasteiger partial charge < -0.3 is 19.3 Å². The Kier molecular flexibility index (Phi) is 10.8. The fourth-order valence-corrected chi connectivity index (χ4v) is 10.6. The zero-order valence-electron chi connectivity index (χ0n) is 30.5. The molecule has 0 saturated heterocycles. The van der Waals surface area contributed by atoms with E-state index in [1.54, 1.807) is 20.8 Å². The van der Waals surface area contributed by atoms with Gasteiger partial charge in [0.05, 0.1) is 17.3 Å². The van der Waals surface area contributed by atoms with Crippen molar-refractivity contribution in [2.75, 3.05) is 6.79 Å². The molecule has 6 nitrogen and oxygen atoms in total. The van der Waals surface area contributed by atoms with E-state index in [-0.39, 0.29) is 34.2 Å². The van der Waals surface area contributed by atoms with Crippen molar-refractivity contribution < 1.29 is 28.9 Å². The number of hydrogen-bond donors (Lipinski definition) is 1. The molecule has 4 rings (SSSR count). The molecule has 4 aliphatic carbocycles. The van der Waals surface area contributed by atoms with E-state index < -0.39 is 30.3 Å². The molecule has 0 aromatic heterocycles. The molecule has 0 radical (unpaired) electrons. The number of halogens is 1. The summed E-state index contributed by atoms with van der Waals surface area (Å²) in [5.74, 6) is 1.76. The first-order chi connectivity index (χ1) is 21.2. The fourth-order valence-electron chi connectivity index (χ4n) is 10.4. The maximum atomic E-state index is 14.1. The molecule has 0 aliphatic heterocycles. The highest BCUT2D eigenvalue weighted by Gasteiger charge is 2.70. The summed E-state index contributed by atoms with van der Waals surface area (Å²) >= 11 is 3.72. The van der Waals surface area contributed by atoms with Gasteiger partial charge in [-0.25, -0.2) is 4.79 Å². The Balaban J connectivity index is 1.80. The van der Waals surface area contributed by atoms with Crippen molar-refractivity contribution >= 4 is 27.9 Å². The van der Waals surface area contributed by atoms with Gasteiger partial charge in [0, 0.05) is 5.57 Å². The third-order valence-electron chi connectivity index (χ3n) is 13.2. The van der Waals surface area contributed by atoms with Crippen LogP contribution in [0.2, 0.25) is 0 Å². The van der Waals surface area contributed by atoms with Gasteiger partial charge in [-0.2, -0.15) is 0 Å². The van der Waals surface area contributed by atoms with Crippen LogP contribution in [0.1, 0.15) is 128 Å². The molecule has 0 aromatic rings. The Morgan fingerprint density at radius 3 is 2.24 bits per heavy atom. The van der Waals surface area contributed by atoms with E-state index in [4.69, 9.17) is 14.2 Å².